The predicted octanol–water partition coefficient (Wildman–Crippen LogP) is 3.54. The van der Waals surface area contributed by atoms with Gasteiger partial charge in [0, 0.05) is 6.04 Å². The van der Waals surface area contributed by atoms with Gasteiger partial charge in [-0.3, -0.25) is 4.79 Å². The highest BCUT2D eigenvalue weighted by molar-refractivity contribution is 5.92. The zero-order valence-electron chi connectivity index (χ0n) is 15.5. The number of ether oxygens (including phenoxy) is 3. The van der Waals surface area contributed by atoms with E-state index in [0.717, 1.165) is 25.7 Å². The van der Waals surface area contributed by atoms with Crippen LogP contribution in [-0.4, -0.2) is 37.7 Å². The highest BCUT2D eigenvalue weighted by Crippen LogP contribution is 2.30. The number of carbonyl (C=O) groups excluding carboxylic acids is 2. The van der Waals surface area contributed by atoms with E-state index in [1.807, 2.05) is 0 Å². The van der Waals surface area contributed by atoms with Gasteiger partial charge in [0.25, 0.3) is 5.91 Å². The molecule has 6 nitrogen and oxygen atoms in total. The summed E-state index contributed by atoms with van der Waals surface area (Å²) in [6.45, 7) is 0.566. The molecular formula is C19H25F2NO5. The van der Waals surface area contributed by atoms with Crippen molar-refractivity contribution in [3.63, 3.8) is 0 Å². The largest absolute Gasteiger partial charge is 0.490 e. The Labute approximate surface area is 157 Å². The Bertz CT molecular complexity index is 653. The van der Waals surface area contributed by atoms with Crippen LogP contribution in [0.3, 0.4) is 0 Å². The number of carbonyl (C=O) groups is 2. The van der Waals surface area contributed by atoms with Gasteiger partial charge in [-0.1, -0.05) is 19.8 Å². The van der Waals surface area contributed by atoms with E-state index in [1.165, 1.54) is 18.2 Å². The molecule has 2 atom stereocenters. The third-order valence-electron chi connectivity index (χ3n) is 4.49. The molecule has 0 aromatic heterocycles. The van der Waals surface area contributed by atoms with E-state index in [-0.39, 0.29) is 35.6 Å². The van der Waals surface area contributed by atoms with Gasteiger partial charge in [0.05, 0.1) is 12.2 Å². The summed E-state index contributed by atoms with van der Waals surface area (Å²) in [4.78, 5) is 24.2. The van der Waals surface area contributed by atoms with Crippen molar-refractivity contribution < 1.29 is 32.6 Å². The Morgan fingerprint density at radius 1 is 1.22 bits per heavy atom. The van der Waals surface area contributed by atoms with Crippen molar-refractivity contribution in [2.24, 2.45) is 5.92 Å². The smallest absolute Gasteiger partial charge is 0.387 e. The van der Waals surface area contributed by atoms with Crippen LogP contribution in [0.2, 0.25) is 0 Å². The van der Waals surface area contributed by atoms with Gasteiger partial charge in [0.1, 0.15) is 0 Å². The molecule has 0 unspecified atom stereocenters. The molecule has 2 rings (SSSR count). The lowest BCUT2D eigenvalue weighted by atomic mass is 9.86. The first-order valence-electron chi connectivity index (χ1n) is 9.08. The normalized spacial score (nSPS) is 19.4. The van der Waals surface area contributed by atoms with Crippen molar-refractivity contribution in [2.45, 2.75) is 52.2 Å². The molecule has 0 saturated heterocycles. The summed E-state index contributed by atoms with van der Waals surface area (Å²) in [5.74, 6) is -0.870. The fourth-order valence-electron chi connectivity index (χ4n) is 3.09. The second kappa shape index (κ2) is 10.1. The molecule has 0 heterocycles. The molecule has 8 heteroatoms. The number of halogens is 2. The van der Waals surface area contributed by atoms with Gasteiger partial charge < -0.3 is 19.5 Å². The van der Waals surface area contributed by atoms with Crippen LogP contribution in [0, 0.1) is 5.92 Å². The van der Waals surface area contributed by atoms with Gasteiger partial charge in [0.2, 0.25) is 0 Å². The van der Waals surface area contributed by atoms with Crippen LogP contribution in [0.1, 0.15) is 49.9 Å². The van der Waals surface area contributed by atoms with Crippen molar-refractivity contribution in [2.75, 3.05) is 13.2 Å². The standard InChI is InChI=1S/C19H25F2NO5/c1-3-25-16-10-13(8-9-15(16)27-19(20)21)18(24)26-11-17(23)22-14-7-5-4-6-12(14)2/h8-10,12,14,19H,3-7,11H2,1-2H3,(H,22,23)/t12-,14-/m0/s1. The second-order valence-corrected chi connectivity index (χ2v) is 6.48. The Kier molecular flexibility index (Phi) is 7.82. The van der Waals surface area contributed by atoms with Crippen molar-refractivity contribution in [1.82, 2.24) is 5.32 Å². The third-order valence-corrected chi connectivity index (χ3v) is 4.49. The molecule has 0 bridgehead atoms. The average molecular weight is 385 g/mol. The molecule has 0 aliphatic heterocycles. The molecule has 0 radical (unpaired) electrons. The molecule has 1 fully saturated rings. The molecule has 27 heavy (non-hydrogen) atoms. The molecule has 1 aromatic carbocycles. The van der Waals surface area contributed by atoms with Gasteiger partial charge in [-0.05, 0) is 43.9 Å². The summed E-state index contributed by atoms with van der Waals surface area (Å²) in [5.41, 5.74) is 0.0823. The molecule has 1 aliphatic carbocycles. The molecule has 0 spiro atoms. The predicted molar refractivity (Wildman–Crippen MR) is 94.1 cm³/mol. The summed E-state index contributed by atoms with van der Waals surface area (Å²) in [7, 11) is 0. The third kappa shape index (κ3) is 6.37. The van der Waals surface area contributed by atoms with Crippen LogP contribution in [-0.2, 0) is 9.53 Å². The summed E-state index contributed by atoms with van der Waals surface area (Å²) >= 11 is 0. The Morgan fingerprint density at radius 3 is 2.63 bits per heavy atom. The first kappa shape index (κ1) is 20.9. The van der Waals surface area contributed by atoms with Crippen LogP contribution in [0.15, 0.2) is 18.2 Å². The van der Waals surface area contributed by atoms with E-state index in [0.29, 0.717) is 5.92 Å². The van der Waals surface area contributed by atoms with E-state index >= 15 is 0 Å². The van der Waals surface area contributed by atoms with Crippen molar-refractivity contribution in [1.29, 1.82) is 0 Å². The van der Waals surface area contributed by atoms with Crippen molar-refractivity contribution in [3.8, 4) is 11.5 Å². The van der Waals surface area contributed by atoms with Gasteiger partial charge in [-0.2, -0.15) is 8.78 Å². The number of benzene rings is 1. The fraction of sp³-hybridized carbons (Fsp3) is 0.579. The van der Waals surface area contributed by atoms with Gasteiger partial charge in [-0.15, -0.1) is 0 Å². The minimum absolute atomic E-state index is 0.00716. The molecule has 1 aliphatic rings. The minimum Gasteiger partial charge on any atom is -0.490 e. The van der Waals surface area contributed by atoms with Gasteiger partial charge in [0.15, 0.2) is 18.1 Å². The lowest BCUT2D eigenvalue weighted by Gasteiger charge is -2.29. The molecular weight excluding hydrogens is 360 g/mol. The SMILES string of the molecule is CCOc1cc(C(=O)OCC(=O)N[C@H]2CCCC[C@@H]2C)ccc1OC(F)F. The van der Waals surface area contributed by atoms with Crippen LogP contribution < -0.4 is 14.8 Å². The number of rotatable bonds is 8. The van der Waals surface area contributed by atoms with Crippen LogP contribution in [0.5, 0.6) is 11.5 Å². The van der Waals surface area contributed by atoms with E-state index in [4.69, 9.17) is 9.47 Å². The lowest BCUT2D eigenvalue weighted by Crippen LogP contribution is -2.42. The molecule has 1 saturated carbocycles. The molecule has 1 N–H and O–H groups in total. The maximum absolute atomic E-state index is 12.4. The summed E-state index contributed by atoms with van der Waals surface area (Å²) < 4.78 is 39.4. The number of nitrogens with one attached hydrogen (secondary N) is 1. The molecule has 1 aromatic rings. The minimum atomic E-state index is -3.01. The molecule has 1 amide bonds. The summed E-state index contributed by atoms with van der Waals surface area (Å²) in [6.07, 6.45) is 4.22. The van der Waals surface area contributed by atoms with Crippen molar-refractivity contribution >= 4 is 11.9 Å². The van der Waals surface area contributed by atoms with Crippen LogP contribution >= 0.6 is 0 Å². The quantitative estimate of drug-likeness (QED) is 0.693. The van der Waals surface area contributed by atoms with E-state index in [1.54, 1.807) is 6.92 Å². The van der Waals surface area contributed by atoms with E-state index in [2.05, 4.69) is 17.0 Å². The number of amides is 1. The van der Waals surface area contributed by atoms with E-state index < -0.39 is 19.2 Å². The fourth-order valence-corrected chi connectivity index (χ4v) is 3.09. The zero-order chi connectivity index (χ0) is 19.8. The highest BCUT2D eigenvalue weighted by atomic mass is 19.3. The highest BCUT2D eigenvalue weighted by Gasteiger charge is 2.23. The van der Waals surface area contributed by atoms with E-state index in [9.17, 15) is 18.4 Å². The number of hydrogen-bond donors (Lipinski definition) is 1. The van der Waals surface area contributed by atoms with Crippen LogP contribution in [0.4, 0.5) is 8.78 Å². The van der Waals surface area contributed by atoms with Gasteiger partial charge >= 0.3 is 12.6 Å². The maximum atomic E-state index is 12.4. The second-order valence-electron chi connectivity index (χ2n) is 6.48. The number of esters is 1. The maximum Gasteiger partial charge on any atom is 0.387 e. The summed E-state index contributed by atoms with van der Waals surface area (Å²) in [6, 6.07) is 3.84. The topological polar surface area (TPSA) is 73.9 Å². The lowest BCUT2D eigenvalue weighted by molar-refractivity contribution is -0.125. The number of hydrogen-bond acceptors (Lipinski definition) is 5. The first-order valence-corrected chi connectivity index (χ1v) is 9.08. The zero-order valence-corrected chi connectivity index (χ0v) is 15.5. The Balaban J connectivity index is 1.92. The Hall–Kier alpha value is -2.38. The average Bonchev–Trinajstić information content (AvgIpc) is 2.63. The first-order chi connectivity index (χ1) is 12.9. The van der Waals surface area contributed by atoms with Crippen molar-refractivity contribution in [3.05, 3.63) is 23.8 Å². The van der Waals surface area contributed by atoms with Gasteiger partial charge in [-0.25, -0.2) is 4.79 Å². The van der Waals surface area contributed by atoms with Crippen LogP contribution in [0.25, 0.3) is 0 Å². The Morgan fingerprint density at radius 2 is 1.96 bits per heavy atom. The summed E-state index contributed by atoms with van der Waals surface area (Å²) in [5, 5.41) is 2.89. The monoisotopic (exact) mass is 385 g/mol. The molecule has 150 valence electrons. The number of alkyl halides is 2.